The quantitative estimate of drug-likeness (QED) is 0.308. The van der Waals surface area contributed by atoms with Crippen LogP contribution in [0.3, 0.4) is 0 Å². The molecule has 144 valence electrons. The lowest BCUT2D eigenvalue weighted by molar-refractivity contribution is -0.215. The van der Waals surface area contributed by atoms with Crippen LogP contribution in [0.5, 0.6) is 0 Å². The van der Waals surface area contributed by atoms with Gasteiger partial charge in [-0.1, -0.05) is 18.2 Å². The van der Waals surface area contributed by atoms with E-state index < -0.39 is 29.5 Å². The number of hydrazine groups is 1. The van der Waals surface area contributed by atoms with E-state index in [1.54, 1.807) is 28.9 Å². The molecule has 0 aliphatic carbocycles. The van der Waals surface area contributed by atoms with Crippen LogP contribution in [0.4, 0.5) is 23.2 Å². The first-order valence-electron chi connectivity index (χ1n) is 7.51. The lowest BCUT2D eigenvalue weighted by Gasteiger charge is -2.34. The Labute approximate surface area is 151 Å². The molecule has 0 aromatic heterocycles. The second-order valence-electron chi connectivity index (χ2n) is 5.32. The van der Waals surface area contributed by atoms with Crippen molar-refractivity contribution in [3.05, 3.63) is 66.0 Å². The minimum Gasteiger partial charge on any atom is -0.466 e. The number of hydrogen-bond donors (Lipinski definition) is 3. The molecule has 6 nitrogen and oxygen atoms in total. The Morgan fingerprint density at radius 2 is 1.56 bits per heavy atom. The van der Waals surface area contributed by atoms with Crippen molar-refractivity contribution in [3.8, 4) is 0 Å². The van der Waals surface area contributed by atoms with Crippen molar-refractivity contribution < 1.29 is 31.9 Å². The Bertz CT molecular complexity index is 797. The van der Waals surface area contributed by atoms with Crippen LogP contribution in [0.15, 0.2) is 54.6 Å². The first-order valence-corrected chi connectivity index (χ1v) is 7.51. The molecule has 1 atom stereocenters. The van der Waals surface area contributed by atoms with Crippen molar-refractivity contribution in [1.29, 1.82) is 0 Å². The van der Waals surface area contributed by atoms with E-state index in [2.05, 4.69) is 10.2 Å². The van der Waals surface area contributed by atoms with Crippen molar-refractivity contribution in [1.82, 2.24) is 10.7 Å². The highest BCUT2D eigenvalue weighted by molar-refractivity contribution is 5.98. The van der Waals surface area contributed by atoms with Crippen LogP contribution in [-0.4, -0.2) is 30.8 Å². The number of hydrogen-bond acceptors (Lipinski definition) is 5. The van der Waals surface area contributed by atoms with Gasteiger partial charge in [-0.3, -0.25) is 4.79 Å². The summed E-state index contributed by atoms with van der Waals surface area (Å²) < 4.78 is 58.5. The smallest absolute Gasteiger partial charge is 0.438 e. The van der Waals surface area contributed by atoms with Crippen LogP contribution >= 0.6 is 0 Å². The fraction of sp³-hybridized carbons (Fsp3) is 0.176. The largest absolute Gasteiger partial charge is 0.466 e. The summed E-state index contributed by atoms with van der Waals surface area (Å²) in [5.74, 6) is -3.74. The Balaban J connectivity index is 2.36. The number of nitrogens with one attached hydrogen (secondary N) is 3. The molecule has 10 heteroatoms. The maximum absolute atomic E-state index is 13.8. The molecule has 2 aromatic carbocycles. The average molecular weight is 385 g/mol. The number of esters is 1. The maximum Gasteiger partial charge on any atom is 0.438 e. The van der Waals surface area contributed by atoms with E-state index in [4.69, 9.17) is 0 Å². The predicted molar refractivity (Wildman–Crippen MR) is 87.9 cm³/mol. The molecular formula is C17H15F4N3O3. The summed E-state index contributed by atoms with van der Waals surface area (Å²) in [6, 6.07) is 11.4. The molecule has 2 aromatic rings. The fourth-order valence-electron chi connectivity index (χ4n) is 2.08. The van der Waals surface area contributed by atoms with Crippen LogP contribution < -0.4 is 16.2 Å². The molecule has 3 N–H and O–H groups in total. The number of benzene rings is 2. The number of carbonyl (C=O) groups excluding carboxylic acids is 2. The van der Waals surface area contributed by atoms with E-state index in [-0.39, 0.29) is 11.3 Å². The molecule has 0 fully saturated rings. The summed E-state index contributed by atoms with van der Waals surface area (Å²) in [4.78, 5) is 24.2. The van der Waals surface area contributed by atoms with Gasteiger partial charge in [-0.25, -0.2) is 9.18 Å². The van der Waals surface area contributed by atoms with Crippen LogP contribution in [0.2, 0.25) is 0 Å². The van der Waals surface area contributed by atoms with Gasteiger partial charge in [0.05, 0.1) is 7.11 Å². The third kappa shape index (κ3) is 4.53. The van der Waals surface area contributed by atoms with Crippen LogP contribution in [-0.2, 0) is 9.53 Å². The first kappa shape index (κ1) is 20.2. The summed E-state index contributed by atoms with van der Waals surface area (Å²) in [5, 5.41) is 1.59. The molecule has 0 heterocycles. The predicted octanol–water partition coefficient (Wildman–Crippen LogP) is 2.60. The summed E-state index contributed by atoms with van der Waals surface area (Å²) in [5.41, 5.74) is 0.348. The van der Waals surface area contributed by atoms with Crippen LogP contribution in [0.25, 0.3) is 0 Å². The standard InChI is InChI=1S/C17H15F4N3O3/c1-27-15(26)16(17(19,20)21,24-23-13-5-3-2-4-6-13)22-14(25)11-7-9-12(18)10-8-11/h2-10,23-24H,1H3,(H,22,25)/t16-/m1/s1. The van der Waals surface area contributed by atoms with Gasteiger partial charge in [-0.05, 0) is 36.4 Å². The zero-order valence-corrected chi connectivity index (χ0v) is 13.9. The van der Waals surface area contributed by atoms with Gasteiger partial charge in [-0.15, -0.1) is 0 Å². The van der Waals surface area contributed by atoms with E-state index in [0.717, 1.165) is 31.4 Å². The van der Waals surface area contributed by atoms with Crippen LogP contribution in [0.1, 0.15) is 10.4 Å². The van der Waals surface area contributed by atoms with Gasteiger partial charge in [0.2, 0.25) is 0 Å². The summed E-state index contributed by atoms with van der Waals surface area (Å²) in [7, 11) is 0.747. The fourth-order valence-corrected chi connectivity index (χ4v) is 2.08. The average Bonchev–Trinajstić information content (AvgIpc) is 2.64. The Morgan fingerprint density at radius 3 is 2.07 bits per heavy atom. The maximum atomic E-state index is 13.8. The lowest BCUT2D eigenvalue weighted by atomic mass is 10.1. The molecule has 2 rings (SSSR count). The number of alkyl halides is 3. The Kier molecular flexibility index (Phi) is 6.01. The van der Waals surface area contributed by atoms with Gasteiger partial charge in [0.1, 0.15) is 5.82 Å². The zero-order chi connectivity index (χ0) is 20.1. The third-order valence-corrected chi connectivity index (χ3v) is 3.49. The molecule has 0 spiro atoms. The first-order chi connectivity index (χ1) is 12.7. The molecular weight excluding hydrogens is 370 g/mol. The van der Waals surface area contributed by atoms with Crippen molar-refractivity contribution in [2.24, 2.45) is 0 Å². The van der Waals surface area contributed by atoms with E-state index in [1.807, 2.05) is 0 Å². The van der Waals surface area contributed by atoms with Gasteiger partial charge in [-0.2, -0.15) is 18.6 Å². The number of methoxy groups -OCH3 is 1. The molecule has 0 aliphatic heterocycles. The summed E-state index contributed by atoms with van der Waals surface area (Å²) in [6.07, 6.45) is -5.28. The number of carbonyl (C=O) groups is 2. The molecule has 0 saturated heterocycles. The molecule has 0 bridgehead atoms. The number of rotatable bonds is 6. The van der Waals surface area contributed by atoms with Gasteiger partial charge in [0, 0.05) is 11.3 Å². The van der Waals surface area contributed by atoms with Crippen LogP contribution in [0, 0.1) is 5.82 Å². The van der Waals surface area contributed by atoms with Crippen molar-refractivity contribution in [3.63, 3.8) is 0 Å². The van der Waals surface area contributed by atoms with Crippen molar-refractivity contribution in [2.75, 3.05) is 12.5 Å². The second-order valence-corrected chi connectivity index (χ2v) is 5.32. The van der Waals surface area contributed by atoms with E-state index in [0.29, 0.717) is 0 Å². The number of ether oxygens (including phenoxy) is 1. The minimum absolute atomic E-state index is 0.200. The van der Waals surface area contributed by atoms with E-state index in [9.17, 15) is 27.2 Å². The van der Waals surface area contributed by atoms with Crippen molar-refractivity contribution >= 4 is 17.6 Å². The number of para-hydroxylation sites is 1. The zero-order valence-electron chi connectivity index (χ0n) is 13.9. The number of anilines is 1. The summed E-state index contributed by atoms with van der Waals surface area (Å²) in [6.45, 7) is 0. The van der Waals surface area contributed by atoms with Crippen molar-refractivity contribution in [2.45, 2.75) is 11.8 Å². The monoisotopic (exact) mass is 385 g/mol. The van der Waals surface area contributed by atoms with E-state index in [1.165, 1.54) is 12.1 Å². The molecule has 27 heavy (non-hydrogen) atoms. The Hall–Kier alpha value is -3.14. The highest BCUT2D eigenvalue weighted by Crippen LogP contribution is 2.30. The molecule has 0 aliphatic rings. The molecule has 0 unspecified atom stereocenters. The van der Waals surface area contributed by atoms with Gasteiger partial charge >= 0.3 is 17.8 Å². The SMILES string of the molecule is COC(=O)[C@](NNc1ccccc1)(NC(=O)c1ccc(F)cc1)C(F)(F)F. The highest BCUT2D eigenvalue weighted by atomic mass is 19.4. The topological polar surface area (TPSA) is 79.5 Å². The molecule has 1 amide bonds. The van der Waals surface area contributed by atoms with Gasteiger partial charge in [0.15, 0.2) is 0 Å². The highest BCUT2D eigenvalue weighted by Gasteiger charge is 2.63. The normalized spacial score (nSPS) is 13.4. The van der Waals surface area contributed by atoms with Gasteiger partial charge in [0.25, 0.3) is 5.91 Å². The molecule has 0 saturated carbocycles. The minimum atomic E-state index is -5.28. The Morgan fingerprint density at radius 1 is 0.963 bits per heavy atom. The number of amides is 1. The second kappa shape index (κ2) is 8.04. The molecule has 0 radical (unpaired) electrons. The van der Waals surface area contributed by atoms with E-state index >= 15 is 0 Å². The third-order valence-electron chi connectivity index (χ3n) is 3.49. The van der Waals surface area contributed by atoms with Gasteiger partial charge < -0.3 is 15.5 Å². The lowest BCUT2D eigenvalue weighted by Crippen LogP contribution is -2.73. The number of halogens is 4. The summed E-state index contributed by atoms with van der Waals surface area (Å²) >= 11 is 0.